The van der Waals surface area contributed by atoms with Crippen molar-refractivity contribution >= 4 is 11.7 Å². The van der Waals surface area contributed by atoms with Crippen molar-refractivity contribution in [2.45, 2.75) is 58.4 Å². The van der Waals surface area contributed by atoms with E-state index in [2.05, 4.69) is 56.4 Å². The number of nitrogens with one attached hydrogen (secondary N) is 1. The number of rotatable bonds is 4. The normalized spacial score (nSPS) is 17.3. The van der Waals surface area contributed by atoms with E-state index in [9.17, 15) is 4.79 Å². The average Bonchev–Trinajstić information content (AvgIpc) is 2.95. The highest BCUT2D eigenvalue weighted by atomic mass is 16.5. The number of methoxy groups -OCH3 is 1. The number of benzene rings is 2. The number of anilines is 1. The molecule has 1 atom stereocenters. The summed E-state index contributed by atoms with van der Waals surface area (Å²) in [6.45, 7) is 7.17. The van der Waals surface area contributed by atoms with Gasteiger partial charge in [0.2, 0.25) is 0 Å². The molecule has 2 aromatic rings. The van der Waals surface area contributed by atoms with Gasteiger partial charge in [0.15, 0.2) is 0 Å². The van der Waals surface area contributed by atoms with Gasteiger partial charge in [-0.15, -0.1) is 0 Å². The second-order valence-corrected chi connectivity index (χ2v) is 7.96. The zero-order valence-electron chi connectivity index (χ0n) is 17.5. The van der Waals surface area contributed by atoms with Crippen molar-refractivity contribution in [3.63, 3.8) is 0 Å². The molecule has 1 fully saturated rings. The van der Waals surface area contributed by atoms with Crippen LogP contribution in [0.15, 0.2) is 42.5 Å². The molecule has 150 valence electrons. The summed E-state index contributed by atoms with van der Waals surface area (Å²) in [6, 6.07) is 14.5. The van der Waals surface area contributed by atoms with Gasteiger partial charge in [-0.25, -0.2) is 4.79 Å². The minimum absolute atomic E-state index is 0.00100. The Morgan fingerprint density at radius 3 is 2.54 bits per heavy atom. The molecule has 1 heterocycles. The third-order valence-electron chi connectivity index (χ3n) is 5.67. The maximum absolute atomic E-state index is 13.3. The van der Waals surface area contributed by atoms with E-state index in [1.807, 2.05) is 17.0 Å². The van der Waals surface area contributed by atoms with Crippen molar-refractivity contribution < 1.29 is 9.53 Å². The summed E-state index contributed by atoms with van der Waals surface area (Å²) in [5.74, 6) is 1.20. The molecule has 4 nitrogen and oxygen atoms in total. The van der Waals surface area contributed by atoms with Crippen LogP contribution >= 0.6 is 0 Å². The Balaban J connectivity index is 1.87. The highest BCUT2D eigenvalue weighted by Gasteiger charge is 2.27. The lowest BCUT2D eigenvalue weighted by Gasteiger charge is -2.31. The van der Waals surface area contributed by atoms with Crippen molar-refractivity contribution in [2.75, 3.05) is 19.0 Å². The summed E-state index contributed by atoms with van der Waals surface area (Å²) >= 11 is 0. The number of carbonyl (C=O) groups excluding carboxylic acids is 1. The highest BCUT2D eigenvalue weighted by Crippen LogP contribution is 2.33. The third kappa shape index (κ3) is 4.49. The Bertz CT molecular complexity index is 799. The lowest BCUT2D eigenvalue weighted by molar-refractivity contribution is 0.189. The molecule has 1 N–H and O–H groups in total. The fourth-order valence-electron chi connectivity index (χ4n) is 4.05. The highest BCUT2D eigenvalue weighted by molar-refractivity contribution is 5.91. The number of carbonyl (C=O) groups is 1. The van der Waals surface area contributed by atoms with Crippen molar-refractivity contribution in [3.05, 3.63) is 59.2 Å². The van der Waals surface area contributed by atoms with Gasteiger partial charge in [0.1, 0.15) is 5.75 Å². The van der Waals surface area contributed by atoms with Crippen molar-refractivity contribution in [1.82, 2.24) is 4.90 Å². The number of likely N-dealkylation sites (tertiary alicyclic amines) is 1. The first-order valence-electron chi connectivity index (χ1n) is 10.3. The number of aryl methyl sites for hydroxylation is 1. The first-order valence-corrected chi connectivity index (χ1v) is 10.3. The molecule has 0 saturated carbocycles. The topological polar surface area (TPSA) is 41.6 Å². The second-order valence-electron chi connectivity index (χ2n) is 7.96. The van der Waals surface area contributed by atoms with Crippen LogP contribution in [0.4, 0.5) is 10.5 Å². The Hall–Kier alpha value is -2.49. The lowest BCUT2D eigenvalue weighted by atomic mass is 9.98. The average molecular weight is 381 g/mol. The lowest BCUT2D eigenvalue weighted by Crippen LogP contribution is -2.38. The first kappa shape index (κ1) is 20.2. The maximum atomic E-state index is 13.3. The molecule has 2 amide bonds. The Morgan fingerprint density at radius 2 is 1.86 bits per heavy atom. The summed E-state index contributed by atoms with van der Waals surface area (Å²) in [5, 5.41) is 3.24. The number of para-hydroxylation sites is 1. The molecular weight excluding hydrogens is 348 g/mol. The van der Waals surface area contributed by atoms with E-state index < -0.39 is 0 Å². The summed E-state index contributed by atoms with van der Waals surface area (Å²) in [4.78, 5) is 15.4. The van der Waals surface area contributed by atoms with Gasteiger partial charge in [-0.05, 0) is 54.5 Å². The van der Waals surface area contributed by atoms with Crippen LogP contribution in [-0.2, 0) is 0 Å². The van der Waals surface area contributed by atoms with Gasteiger partial charge in [0, 0.05) is 12.2 Å². The SMILES string of the molecule is COc1ccc(C2CCCCCN2C(=O)Nc2c(C)cccc2C(C)C)cc1. The minimum Gasteiger partial charge on any atom is -0.497 e. The Kier molecular flexibility index (Phi) is 6.61. The van der Waals surface area contributed by atoms with E-state index in [-0.39, 0.29) is 12.1 Å². The largest absolute Gasteiger partial charge is 0.497 e. The molecule has 0 aliphatic carbocycles. The smallest absolute Gasteiger partial charge is 0.322 e. The molecule has 1 aliphatic rings. The number of ether oxygens (including phenoxy) is 1. The molecular formula is C24H32N2O2. The van der Waals surface area contributed by atoms with Crippen LogP contribution in [0, 0.1) is 6.92 Å². The van der Waals surface area contributed by atoms with Crippen LogP contribution in [0.3, 0.4) is 0 Å². The quantitative estimate of drug-likeness (QED) is 0.678. The summed E-state index contributed by atoms with van der Waals surface area (Å²) in [7, 11) is 1.68. The van der Waals surface area contributed by atoms with Gasteiger partial charge in [-0.3, -0.25) is 0 Å². The van der Waals surface area contributed by atoms with E-state index in [0.717, 1.165) is 49.2 Å². The van der Waals surface area contributed by atoms with Crippen molar-refractivity contribution in [1.29, 1.82) is 0 Å². The molecule has 28 heavy (non-hydrogen) atoms. The fraction of sp³-hybridized carbons (Fsp3) is 0.458. The maximum Gasteiger partial charge on any atom is 0.322 e. The Labute approximate surface area is 168 Å². The van der Waals surface area contributed by atoms with Gasteiger partial charge >= 0.3 is 6.03 Å². The molecule has 0 aromatic heterocycles. The van der Waals surface area contributed by atoms with E-state index in [1.54, 1.807) is 7.11 Å². The van der Waals surface area contributed by atoms with E-state index in [1.165, 1.54) is 11.1 Å². The van der Waals surface area contributed by atoms with Gasteiger partial charge in [-0.2, -0.15) is 0 Å². The standard InChI is InChI=1S/C24H32N2O2/c1-17(2)21-10-8-9-18(3)23(21)25-24(27)26-16-7-5-6-11-22(26)19-12-14-20(28-4)15-13-19/h8-10,12-15,17,22H,5-7,11,16H2,1-4H3,(H,25,27). The number of amides is 2. The monoisotopic (exact) mass is 380 g/mol. The molecule has 4 heteroatoms. The second kappa shape index (κ2) is 9.13. The van der Waals surface area contributed by atoms with Gasteiger partial charge in [0.05, 0.1) is 13.2 Å². The van der Waals surface area contributed by atoms with E-state index in [0.29, 0.717) is 5.92 Å². The van der Waals surface area contributed by atoms with Crippen LogP contribution in [0.25, 0.3) is 0 Å². The Morgan fingerprint density at radius 1 is 1.11 bits per heavy atom. The van der Waals surface area contributed by atoms with Crippen LogP contribution < -0.4 is 10.1 Å². The van der Waals surface area contributed by atoms with E-state index >= 15 is 0 Å². The molecule has 1 saturated heterocycles. The van der Waals surface area contributed by atoms with Crippen molar-refractivity contribution in [3.8, 4) is 5.75 Å². The summed E-state index contributed by atoms with van der Waals surface area (Å²) in [5.41, 5.74) is 4.42. The molecule has 1 unspecified atom stereocenters. The number of nitrogens with zero attached hydrogens (tertiary/aromatic N) is 1. The third-order valence-corrected chi connectivity index (χ3v) is 5.67. The van der Waals surface area contributed by atoms with Gasteiger partial charge in [-0.1, -0.05) is 57.0 Å². The fourth-order valence-corrected chi connectivity index (χ4v) is 4.05. The predicted molar refractivity (Wildman–Crippen MR) is 115 cm³/mol. The number of urea groups is 1. The number of hydrogen-bond donors (Lipinski definition) is 1. The van der Waals surface area contributed by atoms with Gasteiger partial charge in [0.25, 0.3) is 0 Å². The molecule has 3 rings (SSSR count). The molecule has 1 aliphatic heterocycles. The zero-order valence-corrected chi connectivity index (χ0v) is 17.5. The zero-order chi connectivity index (χ0) is 20.1. The predicted octanol–water partition coefficient (Wildman–Crippen LogP) is 6.28. The molecule has 2 aromatic carbocycles. The van der Waals surface area contributed by atoms with Gasteiger partial charge < -0.3 is 15.0 Å². The molecule has 0 bridgehead atoms. The molecule has 0 spiro atoms. The number of hydrogen-bond acceptors (Lipinski definition) is 2. The first-order chi connectivity index (χ1) is 13.5. The van der Waals surface area contributed by atoms with Crippen LogP contribution in [-0.4, -0.2) is 24.6 Å². The summed E-state index contributed by atoms with van der Waals surface area (Å²) in [6.07, 6.45) is 4.34. The van der Waals surface area contributed by atoms with Crippen LogP contribution in [0.1, 0.15) is 68.2 Å². The van der Waals surface area contributed by atoms with Crippen LogP contribution in [0.2, 0.25) is 0 Å². The van der Waals surface area contributed by atoms with Crippen LogP contribution in [0.5, 0.6) is 5.75 Å². The minimum atomic E-state index is -0.00100. The summed E-state index contributed by atoms with van der Waals surface area (Å²) < 4.78 is 5.29. The van der Waals surface area contributed by atoms with Crippen molar-refractivity contribution in [2.24, 2.45) is 0 Å². The van der Waals surface area contributed by atoms with E-state index in [4.69, 9.17) is 4.74 Å². The molecule has 0 radical (unpaired) electrons.